The molecule has 1 saturated carbocycles. The van der Waals surface area contributed by atoms with E-state index in [9.17, 15) is 22.4 Å². The molecule has 0 aliphatic heterocycles. The van der Waals surface area contributed by atoms with Crippen LogP contribution in [0.5, 0.6) is 0 Å². The average Bonchev–Trinajstić information content (AvgIpc) is 2.41. The van der Waals surface area contributed by atoms with Crippen molar-refractivity contribution in [3.63, 3.8) is 0 Å². The van der Waals surface area contributed by atoms with E-state index in [0.29, 0.717) is 12.8 Å². The topological polar surface area (TPSA) is 54.0 Å². The monoisotopic (exact) mass is 305 g/mol. The van der Waals surface area contributed by atoms with Gasteiger partial charge in [0.05, 0.1) is 17.8 Å². The molecule has 1 aliphatic rings. The van der Waals surface area contributed by atoms with E-state index in [4.69, 9.17) is 0 Å². The van der Waals surface area contributed by atoms with Crippen LogP contribution in [-0.2, 0) is 0 Å². The molecule has 0 aromatic carbocycles. The maximum atomic E-state index is 13.3. The van der Waals surface area contributed by atoms with Crippen LogP contribution in [0.25, 0.3) is 0 Å². The lowest BCUT2D eigenvalue weighted by molar-refractivity contribution is -0.183. The standard InChI is InChI=1S/C13H15F4N3O/c14-10-7-18-5-4-11(10)20-12(21)19-9-3-1-2-8(6-9)13(15,16)17/h4-5,7-9H,1-3,6H2,(H2,18,19,20,21)/t8-,9-/m1/s1. The number of alkyl halides is 3. The number of nitrogens with zero attached hydrogens (tertiary/aromatic N) is 1. The lowest BCUT2D eigenvalue weighted by atomic mass is 9.85. The van der Waals surface area contributed by atoms with Crippen LogP contribution in [0.1, 0.15) is 25.7 Å². The number of halogens is 4. The largest absolute Gasteiger partial charge is 0.391 e. The molecule has 8 heteroatoms. The second-order valence-electron chi connectivity index (χ2n) is 5.06. The van der Waals surface area contributed by atoms with Crippen molar-refractivity contribution >= 4 is 11.7 Å². The van der Waals surface area contributed by atoms with Gasteiger partial charge in [0.15, 0.2) is 5.82 Å². The first-order valence-corrected chi connectivity index (χ1v) is 6.60. The summed E-state index contributed by atoms with van der Waals surface area (Å²) in [4.78, 5) is 15.2. The number of hydrogen-bond acceptors (Lipinski definition) is 2. The molecule has 1 aromatic rings. The molecule has 0 bridgehead atoms. The second kappa shape index (κ2) is 6.28. The van der Waals surface area contributed by atoms with E-state index in [1.807, 2.05) is 0 Å². The lowest BCUT2D eigenvalue weighted by Crippen LogP contribution is -2.43. The van der Waals surface area contributed by atoms with Gasteiger partial charge in [-0.2, -0.15) is 13.2 Å². The molecule has 21 heavy (non-hydrogen) atoms. The molecule has 2 N–H and O–H groups in total. The van der Waals surface area contributed by atoms with Gasteiger partial charge in [-0.3, -0.25) is 4.98 Å². The Labute approximate surface area is 118 Å². The van der Waals surface area contributed by atoms with Crippen molar-refractivity contribution in [1.29, 1.82) is 0 Å². The number of aromatic nitrogens is 1. The van der Waals surface area contributed by atoms with Crippen molar-refractivity contribution in [2.45, 2.75) is 37.9 Å². The van der Waals surface area contributed by atoms with E-state index in [1.165, 1.54) is 12.3 Å². The maximum absolute atomic E-state index is 13.3. The van der Waals surface area contributed by atoms with E-state index in [-0.39, 0.29) is 18.5 Å². The highest BCUT2D eigenvalue weighted by molar-refractivity contribution is 5.89. The summed E-state index contributed by atoms with van der Waals surface area (Å²) < 4.78 is 51.3. The van der Waals surface area contributed by atoms with Gasteiger partial charge in [-0.05, 0) is 25.3 Å². The molecular formula is C13H15F4N3O. The van der Waals surface area contributed by atoms with Crippen LogP contribution in [0.2, 0.25) is 0 Å². The van der Waals surface area contributed by atoms with Gasteiger partial charge in [0.1, 0.15) is 0 Å². The number of rotatable bonds is 2. The third-order valence-corrected chi connectivity index (χ3v) is 3.49. The van der Waals surface area contributed by atoms with Crippen molar-refractivity contribution in [2.75, 3.05) is 5.32 Å². The Morgan fingerprint density at radius 1 is 1.33 bits per heavy atom. The number of carbonyl (C=O) groups is 1. The molecule has 116 valence electrons. The molecular weight excluding hydrogens is 290 g/mol. The van der Waals surface area contributed by atoms with Gasteiger partial charge < -0.3 is 10.6 Å². The summed E-state index contributed by atoms with van der Waals surface area (Å²) in [5, 5.41) is 4.72. The van der Waals surface area contributed by atoms with Gasteiger partial charge >= 0.3 is 12.2 Å². The maximum Gasteiger partial charge on any atom is 0.391 e. The van der Waals surface area contributed by atoms with Crippen molar-refractivity contribution in [3.05, 3.63) is 24.3 Å². The summed E-state index contributed by atoms with van der Waals surface area (Å²) >= 11 is 0. The minimum absolute atomic E-state index is 0.0642. The molecule has 2 amide bonds. The van der Waals surface area contributed by atoms with Crippen LogP contribution in [0.4, 0.5) is 28.0 Å². The highest BCUT2D eigenvalue weighted by atomic mass is 19.4. The summed E-state index contributed by atoms with van der Waals surface area (Å²) in [7, 11) is 0. The van der Waals surface area contributed by atoms with Crippen LogP contribution < -0.4 is 10.6 Å². The van der Waals surface area contributed by atoms with Gasteiger partial charge in [-0.15, -0.1) is 0 Å². The van der Waals surface area contributed by atoms with Crippen LogP contribution in [0.3, 0.4) is 0 Å². The lowest BCUT2D eigenvalue weighted by Gasteiger charge is -2.31. The first kappa shape index (κ1) is 15.5. The number of carbonyl (C=O) groups excluding carboxylic acids is 1. The zero-order valence-electron chi connectivity index (χ0n) is 11.1. The zero-order chi connectivity index (χ0) is 15.5. The third kappa shape index (κ3) is 4.30. The summed E-state index contributed by atoms with van der Waals surface area (Å²) in [6.07, 6.45) is -1.17. The highest BCUT2D eigenvalue weighted by Crippen LogP contribution is 2.37. The molecule has 1 aliphatic carbocycles. The Hall–Kier alpha value is -1.86. The van der Waals surface area contributed by atoms with Gasteiger partial charge in [-0.1, -0.05) is 6.42 Å². The number of hydrogen-bond donors (Lipinski definition) is 2. The van der Waals surface area contributed by atoms with Gasteiger partial charge in [0, 0.05) is 12.2 Å². The van der Waals surface area contributed by atoms with Gasteiger partial charge in [0.2, 0.25) is 0 Å². The fourth-order valence-electron chi connectivity index (χ4n) is 2.44. The fraction of sp³-hybridized carbons (Fsp3) is 0.538. The summed E-state index contributed by atoms with van der Waals surface area (Å²) in [6, 6.07) is -0.00269. The predicted octanol–water partition coefficient (Wildman–Crippen LogP) is 3.46. The molecule has 1 heterocycles. The molecule has 0 radical (unpaired) electrons. The van der Waals surface area contributed by atoms with E-state index < -0.39 is 30.0 Å². The quantitative estimate of drug-likeness (QED) is 0.822. The Bertz CT molecular complexity index is 506. The zero-order valence-corrected chi connectivity index (χ0v) is 11.1. The fourth-order valence-corrected chi connectivity index (χ4v) is 2.44. The third-order valence-electron chi connectivity index (χ3n) is 3.49. The van der Waals surface area contributed by atoms with Crippen LogP contribution >= 0.6 is 0 Å². The normalized spacial score (nSPS) is 22.7. The van der Waals surface area contributed by atoms with Gasteiger partial charge in [-0.25, -0.2) is 9.18 Å². The Kier molecular flexibility index (Phi) is 4.64. The molecule has 2 rings (SSSR count). The minimum atomic E-state index is -4.24. The SMILES string of the molecule is O=C(Nc1ccncc1F)N[C@@H]1CCC[C@@H](C(F)(F)F)C1. The molecule has 0 saturated heterocycles. The molecule has 1 aromatic heterocycles. The predicted molar refractivity (Wildman–Crippen MR) is 68.2 cm³/mol. The Morgan fingerprint density at radius 3 is 2.76 bits per heavy atom. The Morgan fingerprint density at radius 2 is 2.10 bits per heavy atom. The first-order valence-electron chi connectivity index (χ1n) is 6.60. The number of urea groups is 1. The number of nitrogens with one attached hydrogen (secondary N) is 2. The molecule has 2 atom stereocenters. The van der Waals surface area contributed by atoms with E-state index in [2.05, 4.69) is 15.6 Å². The first-order chi connectivity index (χ1) is 9.86. The minimum Gasteiger partial charge on any atom is -0.335 e. The molecule has 0 spiro atoms. The molecule has 4 nitrogen and oxygen atoms in total. The number of amides is 2. The second-order valence-corrected chi connectivity index (χ2v) is 5.06. The summed E-state index contributed by atoms with van der Waals surface area (Å²) in [5.74, 6) is -2.10. The smallest absolute Gasteiger partial charge is 0.335 e. The van der Waals surface area contributed by atoms with Crippen molar-refractivity contribution < 1.29 is 22.4 Å². The van der Waals surface area contributed by atoms with Crippen LogP contribution in [-0.4, -0.2) is 23.2 Å². The van der Waals surface area contributed by atoms with E-state index in [0.717, 1.165) is 6.20 Å². The van der Waals surface area contributed by atoms with Crippen LogP contribution in [0, 0.1) is 11.7 Å². The van der Waals surface area contributed by atoms with Crippen LogP contribution in [0.15, 0.2) is 18.5 Å². The summed E-state index contributed by atoms with van der Waals surface area (Å²) in [5.41, 5.74) is -0.0642. The molecule has 0 unspecified atom stereocenters. The number of anilines is 1. The van der Waals surface area contributed by atoms with Gasteiger partial charge in [0.25, 0.3) is 0 Å². The highest BCUT2D eigenvalue weighted by Gasteiger charge is 2.42. The molecule has 1 fully saturated rings. The number of pyridine rings is 1. The van der Waals surface area contributed by atoms with Crippen molar-refractivity contribution in [2.24, 2.45) is 5.92 Å². The summed E-state index contributed by atoms with van der Waals surface area (Å²) in [6.45, 7) is 0. The van der Waals surface area contributed by atoms with Crippen molar-refractivity contribution in [3.8, 4) is 0 Å². The van der Waals surface area contributed by atoms with Crippen molar-refractivity contribution in [1.82, 2.24) is 10.3 Å². The van der Waals surface area contributed by atoms with E-state index >= 15 is 0 Å². The Balaban J connectivity index is 1.89. The average molecular weight is 305 g/mol. The van der Waals surface area contributed by atoms with E-state index in [1.54, 1.807) is 0 Å².